The van der Waals surface area contributed by atoms with E-state index in [1.807, 2.05) is 20.8 Å². The molecule has 0 heterocycles. The summed E-state index contributed by atoms with van der Waals surface area (Å²) in [5, 5.41) is 5.54. The summed E-state index contributed by atoms with van der Waals surface area (Å²) in [4.78, 5) is 23.1. The maximum atomic E-state index is 11.6. The third kappa shape index (κ3) is 7.21. The smallest absolute Gasteiger partial charge is 0.226 e. The van der Waals surface area contributed by atoms with E-state index in [0.717, 1.165) is 0 Å². The van der Waals surface area contributed by atoms with Crippen molar-refractivity contribution in [1.29, 1.82) is 0 Å². The third-order valence-corrected chi connectivity index (χ3v) is 2.77. The second-order valence-electron chi connectivity index (χ2n) is 5.82. The minimum absolute atomic E-state index is 0.0681. The van der Waals surface area contributed by atoms with Crippen LogP contribution in [0, 0.1) is 5.41 Å². The van der Waals surface area contributed by atoms with E-state index in [0.29, 0.717) is 6.54 Å². The quantitative estimate of drug-likeness (QED) is 0.741. The lowest BCUT2D eigenvalue weighted by molar-refractivity contribution is -0.128. The lowest BCUT2D eigenvalue weighted by Gasteiger charge is -2.22. The summed E-state index contributed by atoms with van der Waals surface area (Å²) in [6.45, 7) is 9.62. The number of nitrogens with one attached hydrogen (secondary N) is 2. The van der Waals surface area contributed by atoms with Gasteiger partial charge in [-0.2, -0.15) is 0 Å². The Morgan fingerprint density at radius 3 is 2.06 bits per heavy atom. The molecule has 2 N–H and O–H groups in total. The van der Waals surface area contributed by atoms with Gasteiger partial charge in [0.2, 0.25) is 11.8 Å². The molecule has 17 heavy (non-hydrogen) atoms. The first-order valence-electron chi connectivity index (χ1n) is 5.74. The molecule has 0 atom stereocenters. The molecule has 0 saturated heterocycles. The number of carbonyl (C=O) groups is 2. The minimum atomic E-state index is -0.595. The van der Waals surface area contributed by atoms with Gasteiger partial charge < -0.3 is 10.6 Å². The molecule has 0 aromatic heterocycles. The second kappa shape index (κ2) is 6.24. The van der Waals surface area contributed by atoms with Crippen molar-refractivity contribution >= 4 is 23.4 Å². The van der Waals surface area contributed by atoms with Crippen molar-refractivity contribution in [1.82, 2.24) is 10.6 Å². The van der Waals surface area contributed by atoms with E-state index in [4.69, 9.17) is 11.6 Å². The molecule has 0 rings (SSSR count). The van der Waals surface area contributed by atoms with Crippen LogP contribution in [0.25, 0.3) is 0 Å². The van der Waals surface area contributed by atoms with Gasteiger partial charge in [-0.1, -0.05) is 0 Å². The van der Waals surface area contributed by atoms with Crippen LogP contribution in [-0.2, 0) is 9.59 Å². The van der Waals surface area contributed by atoms with Crippen LogP contribution in [0.4, 0.5) is 0 Å². The molecule has 0 spiro atoms. The van der Waals surface area contributed by atoms with Crippen LogP contribution in [0.3, 0.4) is 0 Å². The van der Waals surface area contributed by atoms with Gasteiger partial charge in [-0.25, -0.2) is 0 Å². The number of carbonyl (C=O) groups excluding carboxylic acids is 2. The fourth-order valence-electron chi connectivity index (χ4n) is 1.07. The van der Waals surface area contributed by atoms with Crippen molar-refractivity contribution in [3.05, 3.63) is 0 Å². The summed E-state index contributed by atoms with van der Waals surface area (Å²) in [6.07, 6.45) is 0.279. The zero-order valence-electron chi connectivity index (χ0n) is 11.3. The Hall–Kier alpha value is -0.770. The van der Waals surface area contributed by atoms with Gasteiger partial charge in [0.05, 0.1) is 5.41 Å². The van der Waals surface area contributed by atoms with Gasteiger partial charge in [0, 0.05) is 24.4 Å². The van der Waals surface area contributed by atoms with Crippen LogP contribution in [0.5, 0.6) is 0 Å². The molecule has 0 aliphatic rings. The standard InChI is InChI=1S/C12H23ClN2O2/c1-11(2,3)15-9(16)6-7-14-10(17)12(4,5)8-13/h6-8H2,1-5H3,(H,14,17)(H,15,16). The van der Waals surface area contributed by atoms with E-state index in [-0.39, 0.29) is 29.7 Å². The molecule has 2 amide bonds. The number of rotatable bonds is 5. The fourth-order valence-corrected chi connectivity index (χ4v) is 1.19. The van der Waals surface area contributed by atoms with Crippen molar-refractivity contribution < 1.29 is 9.59 Å². The third-order valence-electron chi connectivity index (χ3n) is 2.10. The molecule has 0 radical (unpaired) electrons. The van der Waals surface area contributed by atoms with Gasteiger partial charge in [-0.15, -0.1) is 11.6 Å². The van der Waals surface area contributed by atoms with Gasteiger partial charge >= 0.3 is 0 Å². The first-order valence-corrected chi connectivity index (χ1v) is 6.27. The Morgan fingerprint density at radius 1 is 1.12 bits per heavy atom. The summed E-state index contributed by atoms with van der Waals surface area (Å²) < 4.78 is 0. The van der Waals surface area contributed by atoms with Gasteiger partial charge in [0.15, 0.2) is 0 Å². The Balaban J connectivity index is 3.93. The Bertz CT molecular complexity index is 283. The molecule has 100 valence electrons. The average molecular weight is 263 g/mol. The van der Waals surface area contributed by atoms with E-state index in [9.17, 15) is 9.59 Å². The Morgan fingerprint density at radius 2 is 1.65 bits per heavy atom. The number of halogens is 1. The summed E-state index contributed by atoms with van der Waals surface area (Å²) in [7, 11) is 0. The van der Waals surface area contributed by atoms with Gasteiger partial charge in [-0.3, -0.25) is 9.59 Å². The van der Waals surface area contributed by atoms with E-state index in [1.54, 1.807) is 13.8 Å². The number of alkyl halides is 1. The highest BCUT2D eigenvalue weighted by atomic mass is 35.5. The van der Waals surface area contributed by atoms with Crippen molar-refractivity contribution in [2.75, 3.05) is 12.4 Å². The molecular formula is C12H23ClN2O2. The zero-order valence-corrected chi connectivity index (χ0v) is 12.1. The molecule has 0 aromatic rings. The molecule has 5 heteroatoms. The monoisotopic (exact) mass is 262 g/mol. The average Bonchev–Trinajstić information content (AvgIpc) is 2.14. The van der Waals surface area contributed by atoms with Crippen molar-refractivity contribution in [2.45, 2.75) is 46.6 Å². The van der Waals surface area contributed by atoms with Crippen LogP contribution < -0.4 is 10.6 Å². The maximum Gasteiger partial charge on any atom is 0.226 e. The van der Waals surface area contributed by atoms with E-state index >= 15 is 0 Å². The normalized spacial score (nSPS) is 12.1. The highest BCUT2D eigenvalue weighted by Crippen LogP contribution is 2.16. The molecule has 0 aliphatic heterocycles. The predicted molar refractivity (Wildman–Crippen MR) is 70.0 cm³/mol. The Labute approximate surface area is 108 Å². The highest BCUT2D eigenvalue weighted by molar-refractivity contribution is 6.19. The van der Waals surface area contributed by atoms with Gasteiger partial charge in [0.25, 0.3) is 0 Å². The molecule has 0 fully saturated rings. The molecule has 0 aromatic carbocycles. The molecule has 0 aliphatic carbocycles. The van der Waals surface area contributed by atoms with Crippen molar-refractivity contribution in [3.63, 3.8) is 0 Å². The highest BCUT2D eigenvalue weighted by Gasteiger charge is 2.26. The van der Waals surface area contributed by atoms with Crippen LogP contribution in [0.1, 0.15) is 41.0 Å². The minimum Gasteiger partial charge on any atom is -0.355 e. The molecular weight excluding hydrogens is 240 g/mol. The summed E-state index contributed by atoms with van der Waals surface area (Å²) in [6, 6.07) is 0. The summed E-state index contributed by atoms with van der Waals surface area (Å²) in [5.41, 5.74) is -0.835. The number of amides is 2. The Kier molecular flexibility index (Phi) is 5.96. The van der Waals surface area contributed by atoms with Gasteiger partial charge in [0.1, 0.15) is 0 Å². The second-order valence-corrected chi connectivity index (χ2v) is 6.09. The lowest BCUT2D eigenvalue weighted by Crippen LogP contribution is -2.43. The number of hydrogen-bond donors (Lipinski definition) is 2. The lowest BCUT2D eigenvalue weighted by atomic mass is 9.95. The van der Waals surface area contributed by atoms with Crippen LogP contribution in [0.2, 0.25) is 0 Å². The van der Waals surface area contributed by atoms with Crippen molar-refractivity contribution in [3.8, 4) is 0 Å². The summed E-state index contributed by atoms with van der Waals surface area (Å²) >= 11 is 5.68. The topological polar surface area (TPSA) is 58.2 Å². The van der Waals surface area contributed by atoms with Crippen LogP contribution >= 0.6 is 11.6 Å². The number of hydrogen-bond acceptors (Lipinski definition) is 2. The van der Waals surface area contributed by atoms with E-state index in [2.05, 4.69) is 10.6 Å². The largest absolute Gasteiger partial charge is 0.355 e. The molecule has 4 nitrogen and oxygen atoms in total. The molecule has 0 saturated carbocycles. The SMILES string of the molecule is CC(C)(C)NC(=O)CCNC(=O)C(C)(C)CCl. The molecule has 0 bridgehead atoms. The van der Waals surface area contributed by atoms with Crippen molar-refractivity contribution in [2.24, 2.45) is 5.41 Å². The van der Waals surface area contributed by atoms with E-state index < -0.39 is 5.41 Å². The van der Waals surface area contributed by atoms with Crippen LogP contribution in [0.15, 0.2) is 0 Å². The van der Waals surface area contributed by atoms with Gasteiger partial charge in [-0.05, 0) is 34.6 Å². The molecule has 0 unspecified atom stereocenters. The summed E-state index contributed by atoms with van der Waals surface area (Å²) in [5.74, 6) is 0.0602. The first kappa shape index (κ1) is 16.2. The zero-order chi connectivity index (χ0) is 13.7. The fraction of sp³-hybridized carbons (Fsp3) is 0.833. The van der Waals surface area contributed by atoms with E-state index in [1.165, 1.54) is 0 Å². The first-order chi connectivity index (χ1) is 7.58. The maximum absolute atomic E-state index is 11.6. The predicted octanol–water partition coefficient (Wildman–Crippen LogP) is 1.67. The van der Waals surface area contributed by atoms with Crippen LogP contribution in [-0.4, -0.2) is 29.8 Å².